The van der Waals surface area contributed by atoms with Gasteiger partial charge in [-0.05, 0) is 23.3 Å². The van der Waals surface area contributed by atoms with Gasteiger partial charge in [0.2, 0.25) is 0 Å². The summed E-state index contributed by atoms with van der Waals surface area (Å²) in [6, 6.07) is 17.8. The zero-order chi connectivity index (χ0) is 11.4. The van der Waals surface area contributed by atoms with Crippen LogP contribution >= 0.6 is 0 Å². The molecular formula is C14H15NO. The van der Waals surface area contributed by atoms with Gasteiger partial charge in [-0.1, -0.05) is 42.5 Å². The summed E-state index contributed by atoms with van der Waals surface area (Å²) in [5.41, 5.74) is 8.35. The topological polar surface area (TPSA) is 35.2 Å². The first-order valence-electron chi connectivity index (χ1n) is 5.26. The number of methoxy groups -OCH3 is 1. The number of hydrogen-bond donors (Lipinski definition) is 1. The summed E-state index contributed by atoms with van der Waals surface area (Å²) in [5.74, 6) is 0.837. The Kier molecular flexibility index (Phi) is 3.22. The van der Waals surface area contributed by atoms with Gasteiger partial charge in [0.05, 0.1) is 13.2 Å². The molecule has 1 atom stereocenters. The van der Waals surface area contributed by atoms with Gasteiger partial charge in [-0.3, -0.25) is 0 Å². The van der Waals surface area contributed by atoms with Gasteiger partial charge in [0.15, 0.2) is 0 Å². The summed E-state index contributed by atoms with van der Waals surface area (Å²) in [6.07, 6.45) is 0. The molecule has 0 aliphatic heterocycles. The fourth-order valence-electron chi connectivity index (χ4n) is 1.69. The van der Waals surface area contributed by atoms with Gasteiger partial charge in [0.1, 0.15) is 5.75 Å². The Bertz CT molecular complexity index is 453. The van der Waals surface area contributed by atoms with Crippen LogP contribution in [-0.4, -0.2) is 7.11 Å². The Balaban J connectivity index is 2.30. The van der Waals surface area contributed by atoms with E-state index >= 15 is 0 Å². The molecule has 0 aliphatic carbocycles. The van der Waals surface area contributed by atoms with E-state index in [0.717, 1.165) is 16.9 Å². The number of hydrogen-bond acceptors (Lipinski definition) is 2. The van der Waals surface area contributed by atoms with E-state index in [1.54, 1.807) is 7.11 Å². The molecule has 0 amide bonds. The van der Waals surface area contributed by atoms with E-state index < -0.39 is 0 Å². The van der Waals surface area contributed by atoms with Gasteiger partial charge < -0.3 is 10.5 Å². The van der Waals surface area contributed by atoms with Crippen LogP contribution < -0.4 is 10.5 Å². The molecule has 2 N–H and O–H groups in total. The third-order valence-electron chi connectivity index (χ3n) is 2.61. The second-order valence-electron chi connectivity index (χ2n) is 3.66. The van der Waals surface area contributed by atoms with Crippen molar-refractivity contribution < 1.29 is 4.74 Å². The predicted molar refractivity (Wildman–Crippen MR) is 65.5 cm³/mol. The van der Waals surface area contributed by atoms with E-state index in [2.05, 4.69) is 0 Å². The fourth-order valence-corrected chi connectivity index (χ4v) is 1.69. The molecule has 2 aromatic rings. The lowest BCUT2D eigenvalue weighted by Gasteiger charge is -2.13. The zero-order valence-corrected chi connectivity index (χ0v) is 9.26. The molecule has 0 saturated heterocycles. The van der Waals surface area contributed by atoms with Crippen molar-refractivity contribution in [1.82, 2.24) is 0 Å². The van der Waals surface area contributed by atoms with Gasteiger partial charge in [0, 0.05) is 0 Å². The van der Waals surface area contributed by atoms with E-state index in [0.29, 0.717) is 0 Å². The quantitative estimate of drug-likeness (QED) is 0.850. The smallest absolute Gasteiger partial charge is 0.119 e. The van der Waals surface area contributed by atoms with Crippen LogP contribution in [0.4, 0.5) is 0 Å². The summed E-state index contributed by atoms with van der Waals surface area (Å²) in [4.78, 5) is 0. The Morgan fingerprint density at radius 1 is 0.938 bits per heavy atom. The van der Waals surface area contributed by atoms with Gasteiger partial charge in [-0.2, -0.15) is 0 Å². The molecule has 16 heavy (non-hydrogen) atoms. The Hall–Kier alpha value is -1.80. The lowest BCUT2D eigenvalue weighted by Crippen LogP contribution is -2.11. The molecule has 2 heteroatoms. The van der Waals surface area contributed by atoms with Crippen LogP contribution in [0.15, 0.2) is 54.6 Å². The summed E-state index contributed by atoms with van der Waals surface area (Å²) in [7, 11) is 1.66. The van der Waals surface area contributed by atoms with Crippen molar-refractivity contribution >= 4 is 0 Å². The average molecular weight is 213 g/mol. The summed E-state index contributed by atoms with van der Waals surface area (Å²) >= 11 is 0. The van der Waals surface area contributed by atoms with Crippen LogP contribution in [0.3, 0.4) is 0 Å². The molecule has 0 heterocycles. The van der Waals surface area contributed by atoms with Crippen LogP contribution in [0.5, 0.6) is 5.75 Å². The highest BCUT2D eigenvalue weighted by molar-refractivity contribution is 5.36. The van der Waals surface area contributed by atoms with Crippen LogP contribution in [0.2, 0.25) is 0 Å². The van der Waals surface area contributed by atoms with E-state index in [-0.39, 0.29) is 6.04 Å². The largest absolute Gasteiger partial charge is 0.497 e. The second-order valence-corrected chi connectivity index (χ2v) is 3.66. The van der Waals surface area contributed by atoms with Crippen molar-refractivity contribution in [1.29, 1.82) is 0 Å². The van der Waals surface area contributed by atoms with Gasteiger partial charge >= 0.3 is 0 Å². The van der Waals surface area contributed by atoms with Crippen molar-refractivity contribution in [2.45, 2.75) is 6.04 Å². The molecule has 2 rings (SSSR count). The van der Waals surface area contributed by atoms with E-state index in [1.807, 2.05) is 54.6 Å². The SMILES string of the molecule is COc1cccc([C@H](N)c2ccccc2)c1. The Labute approximate surface area is 95.7 Å². The molecule has 0 spiro atoms. The molecule has 0 unspecified atom stereocenters. The Morgan fingerprint density at radius 2 is 1.62 bits per heavy atom. The minimum atomic E-state index is -0.101. The lowest BCUT2D eigenvalue weighted by atomic mass is 10.00. The molecule has 0 bridgehead atoms. The number of nitrogens with two attached hydrogens (primary N) is 1. The second kappa shape index (κ2) is 4.81. The maximum Gasteiger partial charge on any atom is 0.119 e. The highest BCUT2D eigenvalue weighted by Gasteiger charge is 2.08. The van der Waals surface area contributed by atoms with Crippen LogP contribution in [0.1, 0.15) is 17.2 Å². The van der Waals surface area contributed by atoms with Crippen molar-refractivity contribution in [3.05, 3.63) is 65.7 Å². The van der Waals surface area contributed by atoms with Gasteiger partial charge in [-0.25, -0.2) is 0 Å². The van der Waals surface area contributed by atoms with E-state index in [1.165, 1.54) is 0 Å². The van der Waals surface area contributed by atoms with Gasteiger partial charge in [0.25, 0.3) is 0 Å². The number of rotatable bonds is 3. The third kappa shape index (κ3) is 2.23. The first kappa shape index (κ1) is 10.7. The zero-order valence-electron chi connectivity index (χ0n) is 9.26. The minimum Gasteiger partial charge on any atom is -0.497 e. The molecule has 0 aromatic heterocycles. The number of benzene rings is 2. The standard InChI is InChI=1S/C14H15NO/c1-16-13-9-5-8-12(10-13)14(15)11-6-3-2-4-7-11/h2-10,14H,15H2,1H3/t14-/m1/s1. The lowest BCUT2D eigenvalue weighted by molar-refractivity contribution is 0.414. The maximum atomic E-state index is 6.18. The molecular weight excluding hydrogens is 198 g/mol. The fraction of sp³-hybridized carbons (Fsp3) is 0.143. The summed E-state index contributed by atoms with van der Waals surface area (Å²) in [5, 5.41) is 0. The van der Waals surface area contributed by atoms with Crippen molar-refractivity contribution in [3.8, 4) is 5.75 Å². The van der Waals surface area contributed by atoms with Crippen LogP contribution in [0.25, 0.3) is 0 Å². The molecule has 0 fully saturated rings. The van der Waals surface area contributed by atoms with Crippen LogP contribution in [-0.2, 0) is 0 Å². The highest BCUT2D eigenvalue weighted by atomic mass is 16.5. The minimum absolute atomic E-state index is 0.101. The number of ether oxygens (including phenoxy) is 1. The summed E-state index contributed by atoms with van der Waals surface area (Å²) < 4.78 is 5.19. The monoisotopic (exact) mass is 213 g/mol. The first-order valence-corrected chi connectivity index (χ1v) is 5.26. The van der Waals surface area contributed by atoms with Crippen LogP contribution in [0, 0.1) is 0 Å². The molecule has 0 aliphatic rings. The molecule has 2 aromatic carbocycles. The van der Waals surface area contributed by atoms with Crippen molar-refractivity contribution in [3.63, 3.8) is 0 Å². The molecule has 82 valence electrons. The molecule has 0 saturated carbocycles. The summed E-state index contributed by atoms with van der Waals surface area (Å²) in [6.45, 7) is 0. The van der Waals surface area contributed by atoms with E-state index in [4.69, 9.17) is 10.5 Å². The predicted octanol–water partition coefficient (Wildman–Crippen LogP) is 2.74. The van der Waals surface area contributed by atoms with Crippen molar-refractivity contribution in [2.24, 2.45) is 5.73 Å². The highest BCUT2D eigenvalue weighted by Crippen LogP contribution is 2.22. The third-order valence-corrected chi connectivity index (χ3v) is 2.61. The van der Waals surface area contributed by atoms with Crippen molar-refractivity contribution in [2.75, 3.05) is 7.11 Å². The van der Waals surface area contributed by atoms with E-state index in [9.17, 15) is 0 Å². The molecule has 0 radical (unpaired) electrons. The average Bonchev–Trinajstić information content (AvgIpc) is 2.39. The Morgan fingerprint density at radius 3 is 2.31 bits per heavy atom. The normalized spacial score (nSPS) is 12.1. The molecule has 2 nitrogen and oxygen atoms in total. The first-order chi connectivity index (χ1) is 7.81. The maximum absolute atomic E-state index is 6.18. The van der Waals surface area contributed by atoms with Gasteiger partial charge in [-0.15, -0.1) is 0 Å².